The second-order valence-electron chi connectivity index (χ2n) is 12.8. The van der Waals surface area contributed by atoms with Crippen LogP contribution in [0.3, 0.4) is 0 Å². The van der Waals surface area contributed by atoms with E-state index in [1.807, 2.05) is 78.9 Å². The Bertz CT molecular complexity index is 1640. The molecule has 0 radical (unpaired) electrons. The molecule has 0 N–H and O–H groups in total. The molecule has 4 atom stereocenters. The van der Waals surface area contributed by atoms with E-state index in [9.17, 15) is 19.2 Å². The molecule has 238 valence electrons. The smallest absolute Gasteiger partial charge is 0.415 e. The molecule has 1 saturated carbocycles. The average molecular weight is 622 g/mol. The summed E-state index contributed by atoms with van der Waals surface area (Å²) < 4.78 is 10.9. The van der Waals surface area contributed by atoms with E-state index >= 15 is 0 Å². The number of rotatable bonds is 6. The molecule has 3 aromatic rings. The standard InChI is InChI=1S/C37H39N3O6/c1-45-34(41)22-28-20-25-12-5-6-14-27(25)23-38(28)35(42)32-19-18-31(24-10-3-2-4-11-24)39(32)36(43)33-21-26-13-7-8-17-30(26)40(33)37(44)46-29-15-9-16-29/h2-8,10-14,17,28-29,31-33H,9,15-16,18-23H2,1H3/t28-,31+,32-,33-/m1/s1. The second kappa shape index (κ2) is 12.6. The zero-order chi connectivity index (χ0) is 31.8. The van der Waals surface area contributed by atoms with Crippen LogP contribution in [0.25, 0.3) is 0 Å². The van der Waals surface area contributed by atoms with Gasteiger partial charge >= 0.3 is 12.1 Å². The van der Waals surface area contributed by atoms with Crippen molar-refractivity contribution in [2.75, 3.05) is 12.0 Å². The summed E-state index contributed by atoms with van der Waals surface area (Å²) in [4.78, 5) is 60.8. The van der Waals surface area contributed by atoms with E-state index in [0.717, 1.165) is 41.5 Å². The van der Waals surface area contributed by atoms with Crippen LogP contribution in [0.1, 0.15) is 66.8 Å². The molecule has 3 heterocycles. The van der Waals surface area contributed by atoms with Crippen LogP contribution in [-0.4, -0.2) is 65.0 Å². The Kier molecular flexibility index (Phi) is 8.23. The summed E-state index contributed by atoms with van der Waals surface area (Å²) in [6.45, 7) is 0.347. The summed E-state index contributed by atoms with van der Waals surface area (Å²) >= 11 is 0. The van der Waals surface area contributed by atoms with Gasteiger partial charge in [-0.1, -0.05) is 72.8 Å². The first-order chi connectivity index (χ1) is 22.4. The minimum atomic E-state index is -0.836. The molecule has 4 aliphatic rings. The van der Waals surface area contributed by atoms with E-state index in [2.05, 4.69) is 0 Å². The van der Waals surface area contributed by atoms with Gasteiger partial charge in [-0.3, -0.25) is 19.3 Å². The van der Waals surface area contributed by atoms with Crippen LogP contribution >= 0.6 is 0 Å². The van der Waals surface area contributed by atoms with Crippen LogP contribution in [0.15, 0.2) is 78.9 Å². The maximum atomic E-state index is 14.9. The minimum absolute atomic E-state index is 0.0675. The highest BCUT2D eigenvalue weighted by Crippen LogP contribution is 2.42. The van der Waals surface area contributed by atoms with E-state index in [0.29, 0.717) is 37.9 Å². The van der Waals surface area contributed by atoms with Gasteiger partial charge in [0.2, 0.25) is 11.8 Å². The summed E-state index contributed by atoms with van der Waals surface area (Å²) in [6.07, 6.45) is 4.02. The first kappa shape index (κ1) is 30.0. The summed E-state index contributed by atoms with van der Waals surface area (Å²) in [5.41, 5.74) is 4.65. The van der Waals surface area contributed by atoms with Gasteiger partial charge in [0, 0.05) is 19.0 Å². The zero-order valence-electron chi connectivity index (χ0n) is 26.0. The number of ether oxygens (including phenoxy) is 2. The quantitative estimate of drug-likeness (QED) is 0.344. The van der Waals surface area contributed by atoms with Crippen molar-refractivity contribution in [2.45, 2.75) is 88.2 Å². The molecule has 3 aliphatic heterocycles. The molecular formula is C37H39N3O6. The molecule has 3 aromatic carbocycles. The number of carbonyl (C=O) groups is 4. The number of hydrogen-bond acceptors (Lipinski definition) is 6. The molecule has 46 heavy (non-hydrogen) atoms. The van der Waals surface area contributed by atoms with Gasteiger partial charge in [0.1, 0.15) is 18.2 Å². The number of para-hydroxylation sites is 1. The van der Waals surface area contributed by atoms with E-state index in [1.54, 1.807) is 9.80 Å². The number of esters is 1. The second-order valence-corrected chi connectivity index (χ2v) is 12.8. The SMILES string of the molecule is COC(=O)C[C@H]1Cc2ccccc2CN1C(=O)[C@H]1CC[C@@H](c2ccccc2)N1C(=O)[C@H]1Cc2ccccc2N1C(=O)OC1CCC1. The Morgan fingerprint density at radius 3 is 2.15 bits per heavy atom. The molecular weight excluding hydrogens is 582 g/mol. The monoisotopic (exact) mass is 621 g/mol. The van der Waals surface area contributed by atoms with Gasteiger partial charge in [0.25, 0.3) is 0 Å². The fourth-order valence-electron chi connectivity index (χ4n) is 7.53. The van der Waals surface area contributed by atoms with Crippen molar-refractivity contribution < 1.29 is 28.7 Å². The number of carbonyl (C=O) groups excluding carboxylic acids is 4. The fourth-order valence-corrected chi connectivity index (χ4v) is 7.53. The summed E-state index contributed by atoms with van der Waals surface area (Å²) in [5.74, 6) is -0.837. The lowest BCUT2D eigenvalue weighted by Gasteiger charge is -2.41. The van der Waals surface area contributed by atoms with Crippen molar-refractivity contribution in [2.24, 2.45) is 0 Å². The van der Waals surface area contributed by atoms with Crippen molar-refractivity contribution in [3.63, 3.8) is 0 Å². The first-order valence-electron chi connectivity index (χ1n) is 16.3. The maximum Gasteiger partial charge on any atom is 0.415 e. The maximum absolute atomic E-state index is 14.9. The highest BCUT2D eigenvalue weighted by molar-refractivity contribution is 6.02. The Balaban J connectivity index is 1.24. The largest absolute Gasteiger partial charge is 0.469 e. The molecule has 2 fully saturated rings. The number of hydrogen-bond donors (Lipinski definition) is 0. The van der Waals surface area contributed by atoms with Crippen LogP contribution < -0.4 is 4.90 Å². The number of fused-ring (bicyclic) bond motifs is 2. The number of benzene rings is 3. The van der Waals surface area contributed by atoms with Crippen molar-refractivity contribution in [3.05, 3.63) is 101 Å². The van der Waals surface area contributed by atoms with E-state index in [4.69, 9.17) is 9.47 Å². The third-order valence-electron chi connectivity index (χ3n) is 10.2. The van der Waals surface area contributed by atoms with Crippen LogP contribution in [0, 0.1) is 0 Å². The molecule has 1 aliphatic carbocycles. The van der Waals surface area contributed by atoms with Crippen LogP contribution in [0.5, 0.6) is 0 Å². The highest BCUT2D eigenvalue weighted by Gasteiger charge is 2.50. The fraction of sp³-hybridized carbons (Fsp3) is 0.405. The van der Waals surface area contributed by atoms with Crippen LogP contribution in [0.4, 0.5) is 10.5 Å². The molecule has 3 amide bonds. The van der Waals surface area contributed by atoms with E-state index < -0.39 is 24.2 Å². The third kappa shape index (κ3) is 5.52. The molecule has 0 aromatic heterocycles. The lowest BCUT2D eigenvalue weighted by Crippen LogP contribution is -2.57. The predicted molar refractivity (Wildman–Crippen MR) is 171 cm³/mol. The van der Waals surface area contributed by atoms with Gasteiger partial charge in [-0.15, -0.1) is 0 Å². The first-order valence-corrected chi connectivity index (χ1v) is 16.3. The van der Waals surface area contributed by atoms with Gasteiger partial charge in [-0.2, -0.15) is 0 Å². The van der Waals surface area contributed by atoms with Crippen LogP contribution in [-0.2, 0) is 43.2 Å². The van der Waals surface area contributed by atoms with Crippen LogP contribution in [0.2, 0.25) is 0 Å². The summed E-state index contributed by atoms with van der Waals surface area (Å²) in [7, 11) is 1.36. The molecule has 1 saturated heterocycles. The Labute approximate surface area is 269 Å². The topological polar surface area (TPSA) is 96.5 Å². The van der Waals surface area contributed by atoms with Gasteiger partial charge < -0.3 is 19.3 Å². The van der Waals surface area contributed by atoms with Gasteiger partial charge in [-0.05, 0) is 66.8 Å². The molecule has 0 unspecified atom stereocenters. The summed E-state index contributed by atoms with van der Waals surface area (Å²) in [5, 5.41) is 0. The Morgan fingerprint density at radius 1 is 0.739 bits per heavy atom. The normalized spacial score (nSPS) is 23.7. The molecule has 0 spiro atoms. The minimum Gasteiger partial charge on any atom is -0.469 e. The van der Waals surface area contributed by atoms with Crippen molar-refractivity contribution in [3.8, 4) is 0 Å². The van der Waals surface area contributed by atoms with Gasteiger partial charge in [0.05, 0.1) is 25.3 Å². The zero-order valence-corrected chi connectivity index (χ0v) is 26.0. The Morgan fingerprint density at radius 2 is 1.43 bits per heavy atom. The highest BCUT2D eigenvalue weighted by atomic mass is 16.6. The third-order valence-corrected chi connectivity index (χ3v) is 10.2. The number of nitrogens with zero attached hydrogens (tertiary/aromatic N) is 3. The van der Waals surface area contributed by atoms with E-state index in [1.165, 1.54) is 12.0 Å². The lowest BCUT2D eigenvalue weighted by molar-refractivity contribution is -0.150. The van der Waals surface area contributed by atoms with Gasteiger partial charge in [-0.25, -0.2) is 4.79 Å². The van der Waals surface area contributed by atoms with Crippen molar-refractivity contribution in [1.82, 2.24) is 9.80 Å². The lowest BCUT2D eigenvalue weighted by atomic mass is 9.91. The molecule has 9 heteroatoms. The average Bonchev–Trinajstić information content (AvgIpc) is 3.68. The number of amides is 3. The molecule has 0 bridgehead atoms. The predicted octanol–water partition coefficient (Wildman–Crippen LogP) is 5.36. The summed E-state index contributed by atoms with van der Waals surface area (Å²) in [6, 6.07) is 23.0. The number of anilines is 1. The Hall–Kier alpha value is -4.66. The van der Waals surface area contributed by atoms with E-state index in [-0.39, 0.29) is 36.4 Å². The molecule has 7 rings (SSSR count). The van der Waals surface area contributed by atoms with Crippen molar-refractivity contribution in [1.29, 1.82) is 0 Å². The number of likely N-dealkylation sites (tertiary alicyclic amines) is 1. The van der Waals surface area contributed by atoms with Crippen molar-refractivity contribution >= 4 is 29.6 Å². The number of methoxy groups -OCH3 is 1. The van der Waals surface area contributed by atoms with Gasteiger partial charge in [0.15, 0.2) is 0 Å². The molecule has 9 nitrogen and oxygen atoms in total.